The molecule has 1 aliphatic heterocycles. The Balaban J connectivity index is 1.44. The number of carbonyl (C=O) groups is 2. The highest BCUT2D eigenvalue weighted by Gasteiger charge is 2.33. The fourth-order valence-corrected chi connectivity index (χ4v) is 4.98. The van der Waals surface area contributed by atoms with E-state index in [1.54, 1.807) is 48.5 Å². The van der Waals surface area contributed by atoms with Gasteiger partial charge in [-0.2, -0.15) is 0 Å². The number of ether oxygens (including phenoxy) is 1. The number of nitrogens with zero attached hydrogens (tertiary/aromatic N) is 1. The summed E-state index contributed by atoms with van der Waals surface area (Å²) in [7, 11) is 0. The third-order valence-corrected chi connectivity index (χ3v) is 7.39. The Labute approximate surface area is 223 Å². The highest BCUT2D eigenvalue weighted by atomic mass is 35.5. The summed E-state index contributed by atoms with van der Waals surface area (Å²) >= 11 is 19.0. The predicted octanol–water partition coefficient (Wildman–Crippen LogP) is 7.03. The molecule has 9 heteroatoms. The molecule has 1 aliphatic rings. The molecule has 0 aromatic heterocycles. The van der Waals surface area contributed by atoms with E-state index in [2.05, 4.69) is 5.32 Å². The molecule has 35 heavy (non-hydrogen) atoms. The van der Waals surface area contributed by atoms with Crippen molar-refractivity contribution >= 4 is 80.8 Å². The van der Waals surface area contributed by atoms with Crippen LogP contribution in [0, 0.1) is 13.8 Å². The standard InChI is InChI=1S/C26H20Cl2N2O3S2/c1-15-9-10-18(13-21(15)28)30-25(32)23(35-26(30)34)12-17-5-3-6-19(11-17)33-14-24(31)29-22-8-4-7-20(27)16(22)2/h3-13H,14H2,1-2H3,(H,29,31)/b23-12-. The molecule has 3 aromatic carbocycles. The van der Waals surface area contributed by atoms with E-state index in [9.17, 15) is 9.59 Å². The molecule has 0 atom stereocenters. The predicted molar refractivity (Wildman–Crippen MR) is 149 cm³/mol. The van der Waals surface area contributed by atoms with Crippen LogP contribution in [0.1, 0.15) is 16.7 Å². The van der Waals surface area contributed by atoms with Gasteiger partial charge in [0.05, 0.1) is 10.6 Å². The zero-order valence-electron chi connectivity index (χ0n) is 18.8. The molecule has 3 aromatic rings. The summed E-state index contributed by atoms with van der Waals surface area (Å²) in [4.78, 5) is 27.4. The number of carbonyl (C=O) groups excluding carboxylic acids is 2. The zero-order chi connectivity index (χ0) is 25.1. The molecule has 0 bridgehead atoms. The minimum atomic E-state index is -0.307. The molecule has 0 radical (unpaired) electrons. The monoisotopic (exact) mass is 542 g/mol. The lowest BCUT2D eigenvalue weighted by molar-refractivity contribution is -0.118. The van der Waals surface area contributed by atoms with Gasteiger partial charge in [-0.3, -0.25) is 14.5 Å². The van der Waals surface area contributed by atoms with Gasteiger partial charge in [0, 0.05) is 15.7 Å². The maximum atomic E-state index is 13.1. The Kier molecular flexibility index (Phi) is 7.82. The highest BCUT2D eigenvalue weighted by molar-refractivity contribution is 8.27. The minimum absolute atomic E-state index is 0.175. The fourth-order valence-electron chi connectivity index (χ4n) is 3.33. The third kappa shape index (κ3) is 5.87. The van der Waals surface area contributed by atoms with E-state index in [0.717, 1.165) is 16.7 Å². The zero-order valence-corrected chi connectivity index (χ0v) is 21.9. The number of thioether (sulfide) groups is 1. The second-order valence-corrected chi connectivity index (χ2v) is 10.3. The molecule has 1 saturated heterocycles. The molecule has 1 heterocycles. The first-order valence-electron chi connectivity index (χ1n) is 10.5. The van der Waals surface area contributed by atoms with Crippen molar-refractivity contribution in [3.05, 3.63) is 92.3 Å². The number of hydrogen-bond acceptors (Lipinski definition) is 5. The van der Waals surface area contributed by atoms with Crippen molar-refractivity contribution in [1.29, 1.82) is 0 Å². The molecular formula is C26H20Cl2N2O3S2. The summed E-state index contributed by atoms with van der Waals surface area (Å²) in [6, 6.07) is 17.9. The molecule has 1 fully saturated rings. The number of benzene rings is 3. The van der Waals surface area contributed by atoms with E-state index in [4.69, 9.17) is 40.2 Å². The first kappa shape index (κ1) is 25.3. The van der Waals surface area contributed by atoms with Gasteiger partial charge in [0.1, 0.15) is 5.75 Å². The number of rotatable bonds is 6. The van der Waals surface area contributed by atoms with E-state index in [0.29, 0.717) is 36.4 Å². The van der Waals surface area contributed by atoms with Gasteiger partial charge >= 0.3 is 0 Å². The maximum absolute atomic E-state index is 13.1. The number of hydrogen-bond donors (Lipinski definition) is 1. The van der Waals surface area contributed by atoms with Gasteiger partial charge in [0.2, 0.25) is 0 Å². The summed E-state index contributed by atoms with van der Waals surface area (Å²) in [5.41, 5.74) is 3.72. The van der Waals surface area contributed by atoms with E-state index < -0.39 is 0 Å². The van der Waals surface area contributed by atoms with E-state index in [1.165, 1.54) is 16.7 Å². The van der Waals surface area contributed by atoms with E-state index in [-0.39, 0.29) is 18.4 Å². The second-order valence-electron chi connectivity index (χ2n) is 7.77. The molecule has 5 nitrogen and oxygen atoms in total. The highest BCUT2D eigenvalue weighted by Crippen LogP contribution is 2.37. The summed E-state index contributed by atoms with van der Waals surface area (Å²) in [5, 5.41) is 3.94. The first-order valence-corrected chi connectivity index (χ1v) is 12.5. The largest absolute Gasteiger partial charge is 0.484 e. The summed E-state index contributed by atoms with van der Waals surface area (Å²) in [6.45, 7) is 3.55. The van der Waals surface area contributed by atoms with Gasteiger partial charge in [0.25, 0.3) is 11.8 Å². The lowest BCUT2D eigenvalue weighted by atomic mass is 10.2. The van der Waals surface area contributed by atoms with Gasteiger partial charge < -0.3 is 10.1 Å². The molecule has 2 amide bonds. The number of aryl methyl sites for hydroxylation is 1. The molecule has 4 rings (SSSR count). The van der Waals surface area contributed by atoms with Gasteiger partial charge in [0.15, 0.2) is 10.9 Å². The topological polar surface area (TPSA) is 58.6 Å². The second kappa shape index (κ2) is 10.8. The first-order chi connectivity index (χ1) is 16.7. The molecule has 1 N–H and O–H groups in total. The molecule has 0 aliphatic carbocycles. The molecular weight excluding hydrogens is 523 g/mol. The number of anilines is 2. The third-order valence-electron chi connectivity index (χ3n) is 5.27. The van der Waals surface area contributed by atoms with Crippen LogP contribution in [0.5, 0.6) is 5.75 Å². The van der Waals surface area contributed by atoms with Crippen molar-refractivity contribution in [3.63, 3.8) is 0 Å². The Hall–Kier alpha value is -2.84. The van der Waals surface area contributed by atoms with Crippen LogP contribution < -0.4 is 15.0 Å². The van der Waals surface area contributed by atoms with Crippen LogP contribution >= 0.6 is 47.2 Å². The Morgan fingerprint density at radius 3 is 2.63 bits per heavy atom. The number of nitrogens with one attached hydrogen (secondary N) is 1. The van der Waals surface area contributed by atoms with Crippen LogP contribution in [0.4, 0.5) is 11.4 Å². The summed E-state index contributed by atoms with van der Waals surface area (Å²) in [6.07, 6.45) is 1.75. The number of halogens is 2. The maximum Gasteiger partial charge on any atom is 0.270 e. The van der Waals surface area contributed by atoms with Crippen LogP contribution in [-0.2, 0) is 9.59 Å². The van der Waals surface area contributed by atoms with Crippen molar-refractivity contribution in [2.45, 2.75) is 13.8 Å². The molecule has 0 spiro atoms. The van der Waals surface area contributed by atoms with E-state index in [1.807, 2.05) is 32.0 Å². The van der Waals surface area contributed by atoms with Crippen molar-refractivity contribution in [3.8, 4) is 5.75 Å². The Bertz CT molecular complexity index is 1370. The lowest BCUT2D eigenvalue weighted by Crippen LogP contribution is -2.27. The minimum Gasteiger partial charge on any atom is -0.484 e. The SMILES string of the molecule is Cc1ccc(N2C(=O)/C(=C/c3cccc(OCC(=O)Nc4cccc(Cl)c4C)c3)SC2=S)cc1Cl. The van der Waals surface area contributed by atoms with Crippen LogP contribution in [0.15, 0.2) is 65.6 Å². The number of thiocarbonyl (C=S) groups is 1. The smallest absolute Gasteiger partial charge is 0.270 e. The van der Waals surface area contributed by atoms with Crippen LogP contribution in [0.25, 0.3) is 6.08 Å². The van der Waals surface area contributed by atoms with Crippen molar-refractivity contribution in [2.24, 2.45) is 0 Å². The average molecular weight is 543 g/mol. The van der Waals surface area contributed by atoms with Gasteiger partial charge in [-0.15, -0.1) is 0 Å². The van der Waals surface area contributed by atoms with Crippen molar-refractivity contribution in [2.75, 3.05) is 16.8 Å². The Morgan fingerprint density at radius 1 is 1.09 bits per heavy atom. The van der Waals surface area contributed by atoms with Gasteiger partial charge in [-0.25, -0.2) is 0 Å². The summed E-state index contributed by atoms with van der Waals surface area (Å²) < 4.78 is 6.09. The van der Waals surface area contributed by atoms with E-state index >= 15 is 0 Å². The average Bonchev–Trinajstić information content (AvgIpc) is 3.10. The van der Waals surface area contributed by atoms with Crippen LogP contribution in [0.3, 0.4) is 0 Å². The number of amides is 2. The van der Waals surface area contributed by atoms with Crippen molar-refractivity contribution < 1.29 is 14.3 Å². The quantitative estimate of drug-likeness (QED) is 0.267. The Morgan fingerprint density at radius 2 is 1.86 bits per heavy atom. The van der Waals surface area contributed by atoms with Crippen LogP contribution in [0.2, 0.25) is 10.0 Å². The lowest BCUT2D eigenvalue weighted by Gasteiger charge is -2.15. The normalized spacial score (nSPS) is 14.5. The summed E-state index contributed by atoms with van der Waals surface area (Å²) in [5.74, 6) is -0.0292. The molecule has 178 valence electrons. The molecule has 0 unspecified atom stereocenters. The van der Waals surface area contributed by atoms with Crippen molar-refractivity contribution in [1.82, 2.24) is 0 Å². The van der Waals surface area contributed by atoms with Gasteiger partial charge in [-0.05, 0) is 73.0 Å². The molecule has 0 saturated carbocycles. The fraction of sp³-hybridized carbons (Fsp3) is 0.115. The van der Waals surface area contributed by atoms with Gasteiger partial charge in [-0.1, -0.05) is 71.4 Å². The van der Waals surface area contributed by atoms with Crippen LogP contribution in [-0.4, -0.2) is 22.7 Å².